The van der Waals surface area contributed by atoms with Gasteiger partial charge in [-0.1, -0.05) is 0 Å². The van der Waals surface area contributed by atoms with E-state index in [1.165, 1.54) is 0 Å². The fourth-order valence-corrected chi connectivity index (χ4v) is 1.23. The third kappa shape index (κ3) is 11.6. The molecule has 0 saturated carbocycles. The Bertz CT molecular complexity index is 263. The van der Waals surface area contributed by atoms with E-state index in [4.69, 9.17) is 9.47 Å². The minimum Gasteiger partial charge on any atom is -0.465 e. The first kappa shape index (κ1) is 17.1. The van der Waals surface area contributed by atoms with Gasteiger partial charge in [0, 0.05) is 6.54 Å². The maximum absolute atomic E-state index is 11.3. The van der Waals surface area contributed by atoms with Crippen LogP contribution in [0, 0.1) is 0 Å². The van der Waals surface area contributed by atoms with Gasteiger partial charge in [-0.3, -0.25) is 4.79 Å². The summed E-state index contributed by atoms with van der Waals surface area (Å²) < 4.78 is 9.94. The Balaban J connectivity index is 3.35. The maximum atomic E-state index is 11.3. The van der Waals surface area contributed by atoms with Crippen LogP contribution in [-0.2, 0) is 14.3 Å². The van der Waals surface area contributed by atoms with Crippen LogP contribution in [0.15, 0.2) is 0 Å². The molecule has 5 nitrogen and oxygen atoms in total. The molecular weight excluding hydrogens is 254 g/mol. The highest BCUT2D eigenvalue weighted by Gasteiger charge is 2.15. The van der Waals surface area contributed by atoms with Crippen LogP contribution in [0.1, 0.15) is 40.0 Å². The normalized spacial score (nSPS) is 10.9. The van der Waals surface area contributed by atoms with Crippen molar-refractivity contribution in [3.63, 3.8) is 0 Å². The van der Waals surface area contributed by atoms with Gasteiger partial charge in [-0.05, 0) is 40.0 Å². The van der Waals surface area contributed by atoms with Gasteiger partial charge < -0.3 is 14.8 Å². The molecule has 0 atom stereocenters. The second kappa shape index (κ2) is 9.08. The predicted octanol–water partition coefficient (Wildman–Crippen LogP) is 2.15. The molecule has 0 aliphatic heterocycles. The lowest BCUT2D eigenvalue weighted by Crippen LogP contribution is -2.33. The van der Waals surface area contributed by atoms with E-state index >= 15 is 0 Å². The molecule has 0 spiro atoms. The quantitative estimate of drug-likeness (QED) is 0.425. The van der Waals surface area contributed by atoms with Crippen molar-refractivity contribution in [2.24, 2.45) is 0 Å². The maximum Gasteiger partial charge on any atom is 0.407 e. The van der Waals surface area contributed by atoms with E-state index in [9.17, 15) is 9.59 Å². The Hall–Kier alpha value is -0.910. The molecule has 1 amide bonds. The van der Waals surface area contributed by atoms with Crippen LogP contribution in [0.3, 0.4) is 0 Å². The van der Waals surface area contributed by atoms with Crippen molar-refractivity contribution in [2.45, 2.75) is 45.6 Å². The molecule has 18 heavy (non-hydrogen) atoms. The minimum atomic E-state index is -0.467. The van der Waals surface area contributed by atoms with Crippen LogP contribution in [0.2, 0.25) is 0 Å². The molecule has 0 saturated heterocycles. The highest BCUT2D eigenvalue weighted by molar-refractivity contribution is 7.81. The van der Waals surface area contributed by atoms with Crippen molar-refractivity contribution in [3.8, 4) is 0 Å². The summed E-state index contributed by atoms with van der Waals surface area (Å²) in [5, 5.41) is 2.67. The first-order chi connectivity index (χ1) is 8.35. The van der Waals surface area contributed by atoms with E-state index in [1.807, 2.05) is 20.8 Å². The van der Waals surface area contributed by atoms with Crippen LogP contribution in [0.4, 0.5) is 4.79 Å². The second-order valence-corrected chi connectivity index (χ2v) is 5.18. The van der Waals surface area contributed by atoms with Crippen molar-refractivity contribution in [3.05, 3.63) is 0 Å². The van der Waals surface area contributed by atoms with Gasteiger partial charge in [-0.2, -0.15) is 12.6 Å². The molecule has 0 heterocycles. The Morgan fingerprint density at radius 1 is 1.17 bits per heavy atom. The Morgan fingerprint density at radius 3 is 2.39 bits per heavy atom. The zero-order valence-electron chi connectivity index (χ0n) is 11.3. The molecule has 106 valence electrons. The van der Waals surface area contributed by atoms with Crippen molar-refractivity contribution < 1.29 is 19.1 Å². The SMILES string of the molecule is CC(C)(C)OC(=O)NCCCCCOC(=O)CS. The van der Waals surface area contributed by atoms with Crippen LogP contribution >= 0.6 is 12.6 Å². The number of carbonyl (C=O) groups excluding carboxylic acids is 2. The molecule has 0 aliphatic rings. The van der Waals surface area contributed by atoms with Crippen molar-refractivity contribution in [1.29, 1.82) is 0 Å². The molecule has 0 aromatic carbocycles. The zero-order valence-corrected chi connectivity index (χ0v) is 12.2. The summed E-state index contributed by atoms with van der Waals surface area (Å²) in [5.41, 5.74) is -0.467. The van der Waals surface area contributed by atoms with Gasteiger partial charge >= 0.3 is 12.1 Å². The van der Waals surface area contributed by atoms with E-state index in [0.717, 1.165) is 19.3 Å². The smallest absolute Gasteiger partial charge is 0.407 e. The third-order valence-corrected chi connectivity index (χ3v) is 2.14. The van der Waals surface area contributed by atoms with Gasteiger partial charge in [0.1, 0.15) is 5.60 Å². The first-order valence-electron chi connectivity index (χ1n) is 6.08. The lowest BCUT2D eigenvalue weighted by atomic mass is 10.2. The van der Waals surface area contributed by atoms with Gasteiger partial charge in [-0.25, -0.2) is 4.79 Å². The highest BCUT2D eigenvalue weighted by atomic mass is 32.1. The van der Waals surface area contributed by atoms with Crippen molar-refractivity contribution in [2.75, 3.05) is 18.9 Å². The summed E-state index contributed by atoms with van der Waals surface area (Å²) in [4.78, 5) is 22.0. The first-order valence-corrected chi connectivity index (χ1v) is 6.72. The number of amides is 1. The molecule has 6 heteroatoms. The molecule has 0 unspecified atom stereocenters. The molecular formula is C12H23NO4S. The van der Waals surface area contributed by atoms with E-state index in [2.05, 4.69) is 17.9 Å². The second-order valence-electron chi connectivity index (χ2n) is 4.87. The van der Waals surface area contributed by atoms with Gasteiger partial charge in [0.05, 0.1) is 12.4 Å². The number of carbonyl (C=O) groups is 2. The summed E-state index contributed by atoms with van der Waals surface area (Å²) in [7, 11) is 0. The molecule has 0 rings (SSSR count). The van der Waals surface area contributed by atoms with Crippen LogP contribution in [-0.4, -0.2) is 36.6 Å². The molecule has 0 aromatic heterocycles. The summed E-state index contributed by atoms with van der Waals surface area (Å²) in [6.45, 7) is 6.44. The predicted molar refractivity (Wildman–Crippen MR) is 72.9 cm³/mol. The monoisotopic (exact) mass is 277 g/mol. The number of nitrogens with one attached hydrogen (secondary N) is 1. The van der Waals surface area contributed by atoms with Crippen molar-refractivity contribution in [1.82, 2.24) is 5.32 Å². The highest BCUT2D eigenvalue weighted by Crippen LogP contribution is 2.06. The van der Waals surface area contributed by atoms with Gasteiger partial charge in [0.15, 0.2) is 0 Å². The Labute approximate surface area is 114 Å². The number of esters is 1. The van der Waals surface area contributed by atoms with E-state index in [0.29, 0.717) is 13.2 Å². The molecule has 1 N–H and O–H groups in total. The van der Waals surface area contributed by atoms with Gasteiger partial charge in [0.25, 0.3) is 0 Å². The van der Waals surface area contributed by atoms with Crippen LogP contribution < -0.4 is 5.32 Å². The van der Waals surface area contributed by atoms with E-state index < -0.39 is 11.7 Å². The standard InChI is InChI=1S/C12H23NO4S/c1-12(2,3)17-11(15)13-7-5-4-6-8-16-10(14)9-18/h18H,4-9H2,1-3H3,(H,13,15). The van der Waals surface area contributed by atoms with Crippen molar-refractivity contribution >= 4 is 24.7 Å². The number of thiol groups is 1. The molecule has 0 aromatic rings. The number of ether oxygens (including phenoxy) is 2. The molecule has 0 fully saturated rings. The summed E-state index contributed by atoms with van der Waals surface area (Å²) in [6, 6.07) is 0. The average molecular weight is 277 g/mol. The molecule has 0 radical (unpaired) electrons. The molecule has 0 aliphatic carbocycles. The Morgan fingerprint density at radius 2 is 1.83 bits per heavy atom. The number of hydrogen-bond acceptors (Lipinski definition) is 5. The minimum absolute atomic E-state index is 0.111. The lowest BCUT2D eigenvalue weighted by molar-refractivity contribution is -0.140. The average Bonchev–Trinajstić information content (AvgIpc) is 2.25. The zero-order chi connectivity index (χ0) is 14.0. The number of alkyl carbamates (subject to hydrolysis) is 1. The van der Waals surface area contributed by atoms with Crippen LogP contribution in [0.25, 0.3) is 0 Å². The number of unbranched alkanes of at least 4 members (excludes halogenated alkanes) is 2. The van der Waals surface area contributed by atoms with Crippen LogP contribution in [0.5, 0.6) is 0 Å². The Kier molecular flexibility index (Phi) is 8.62. The lowest BCUT2D eigenvalue weighted by Gasteiger charge is -2.19. The van der Waals surface area contributed by atoms with Gasteiger partial charge in [-0.15, -0.1) is 0 Å². The fourth-order valence-electron chi connectivity index (χ4n) is 1.14. The number of hydrogen-bond donors (Lipinski definition) is 2. The summed E-state index contributed by atoms with van der Waals surface area (Å²) in [6.07, 6.45) is 2.10. The van der Waals surface area contributed by atoms with Gasteiger partial charge in [0.2, 0.25) is 0 Å². The largest absolute Gasteiger partial charge is 0.465 e. The molecule has 0 bridgehead atoms. The number of rotatable bonds is 7. The summed E-state index contributed by atoms with van der Waals surface area (Å²) in [5.74, 6) is -0.189. The van der Waals surface area contributed by atoms with E-state index in [-0.39, 0.29) is 11.7 Å². The topological polar surface area (TPSA) is 64.6 Å². The third-order valence-electron chi connectivity index (χ3n) is 1.88. The fraction of sp³-hybridized carbons (Fsp3) is 0.833. The van der Waals surface area contributed by atoms with E-state index in [1.54, 1.807) is 0 Å². The summed E-state index contributed by atoms with van der Waals surface area (Å²) >= 11 is 3.79.